The molecule has 0 saturated carbocycles. The number of pyridine rings is 1. The van der Waals surface area contributed by atoms with E-state index in [1.165, 1.54) is 5.56 Å². The van der Waals surface area contributed by atoms with Gasteiger partial charge in [-0.25, -0.2) is 0 Å². The van der Waals surface area contributed by atoms with Gasteiger partial charge < -0.3 is 5.32 Å². The summed E-state index contributed by atoms with van der Waals surface area (Å²) < 4.78 is 0. The van der Waals surface area contributed by atoms with Crippen molar-refractivity contribution in [2.75, 3.05) is 0 Å². The molecule has 0 aliphatic rings. The molecule has 3 heteroatoms. The van der Waals surface area contributed by atoms with E-state index in [9.17, 15) is 4.79 Å². The first kappa shape index (κ1) is 11.3. The van der Waals surface area contributed by atoms with Gasteiger partial charge in [-0.1, -0.05) is 30.3 Å². The SMILES string of the molecule is O=C(N[CH]Cc1ccccc1)c1cccnc1. The summed E-state index contributed by atoms with van der Waals surface area (Å²) in [5.41, 5.74) is 1.73. The standard InChI is InChI=1S/C14H13N2O/c17-14(13-7-4-9-15-11-13)16-10-8-12-5-2-1-3-6-12/h1-7,9-11H,8H2,(H,16,17). The largest absolute Gasteiger partial charge is 0.347 e. The zero-order chi connectivity index (χ0) is 11.9. The second kappa shape index (κ2) is 5.80. The van der Waals surface area contributed by atoms with Crippen molar-refractivity contribution in [3.63, 3.8) is 0 Å². The average molecular weight is 225 g/mol. The van der Waals surface area contributed by atoms with E-state index in [0.29, 0.717) is 12.0 Å². The smallest absolute Gasteiger partial charge is 0.253 e. The zero-order valence-corrected chi connectivity index (χ0v) is 9.34. The van der Waals surface area contributed by atoms with E-state index >= 15 is 0 Å². The lowest BCUT2D eigenvalue weighted by Crippen LogP contribution is -2.21. The predicted octanol–water partition coefficient (Wildman–Crippen LogP) is 2.22. The number of amides is 1. The summed E-state index contributed by atoms with van der Waals surface area (Å²) in [6, 6.07) is 13.4. The van der Waals surface area contributed by atoms with Gasteiger partial charge in [0.05, 0.1) is 12.1 Å². The molecule has 0 spiro atoms. The van der Waals surface area contributed by atoms with Gasteiger partial charge in [-0.2, -0.15) is 0 Å². The summed E-state index contributed by atoms with van der Waals surface area (Å²) >= 11 is 0. The van der Waals surface area contributed by atoms with Gasteiger partial charge in [0.25, 0.3) is 5.91 Å². The molecule has 1 heterocycles. The second-order valence-electron chi connectivity index (χ2n) is 3.61. The summed E-state index contributed by atoms with van der Waals surface area (Å²) in [6.45, 7) is 1.75. The minimum absolute atomic E-state index is 0.131. The molecule has 1 N–H and O–H groups in total. The van der Waals surface area contributed by atoms with Crippen LogP contribution in [0, 0.1) is 6.54 Å². The van der Waals surface area contributed by atoms with Crippen LogP contribution in [0.4, 0.5) is 0 Å². The summed E-state index contributed by atoms with van der Waals surface area (Å²) in [5.74, 6) is -0.131. The highest BCUT2D eigenvalue weighted by Crippen LogP contribution is 2.01. The van der Waals surface area contributed by atoms with Crippen molar-refractivity contribution in [1.82, 2.24) is 10.3 Å². The first-order valence-electron chi connectivity index (χ1n) is 5.43. The second-order valence-corrected chi connectivity index (χ2v) is 3.61. The van der Waals surface area contributed by atoms with E-state index in [0.717, 1.165) is 0 Å². The van der Waals surface area contributed by atoms with Crippen LogP contribution < -0.4 is 5.32 Å². The Labute approximate surface area is 101 Å². The molecule has 17 heavy (non-hydrogen) atoms. The van der Waals surface area contributed by atoms with E-state index in [1.807, 2.05) is 30.3 Å². The monoisotopic (exact) mass is 225 g/mol. The maximum absolute atomic E-state index is 11.7. The van der Waals surface area contributed by atoms with Crippen LogP contribution >= 0.6 is 0 Å². The third-order valence-corrected chi connectivity index (χ3v) is 2.34. The van der Waals surface area contributed by atoms with Crippen molar-refractivity contribution in [2.45, 2.75) is 6.42 Å². The molecular weight excluding hydrogens is 212 g/mol. The van der Waals surface area contributed by atoms with Gasteiger partial charge in [0.2, 0.25) is 0 Å². The van der Waals surface area contributed by atoms with Gasteiger partial charge in [0.1, 0.15) is 0 Å². The van der Waals surface area contributed by atoms with E-state index in [-0.39, 0.29) is 5.91 Å². The Morgan fingerprint density at radius 1 is 1.18 bits per heavy atom. The Hall–Kier alpha value is -2.16. The van der Waals surface area contributed by atoms with Gasteiger partial charge in [0, 0.05) is 12.4 Å². The quantitative estimate of drug-likeness (QED) is 0.866. The topological polar surface area (TPSA) is 42.0 Å². The van der Waals surface area contributed by atoms with Crippen LogP contribution in [0.5, 0.6) is 0 Å². The highest BCUT2D eigenvalue weighted by Gasteiger charge is 2.03. The molecule has 0 aliphatic carbocycles. The molecule has 0 saturated heterocycles. The van der Waals surface area contributed by atoms with Crippen molar-refractivity contribution in [3.05, 3.63) is 72.5 Å². The van der Waals surface area contributed by atoms with Gasteiger partial charge in [-0.15, -0.1) is 0 Å². The van der Waals surface area contributed by atoms with E-state index in [1.54, 1.807) is 31.1 Å². The van der Waals surface area contributed by atoms with Crippen LogP contribution in [-0.4, -0.2) is 10.9 Å². The third kappa shape index (κ3) is 3.41. The highest BCUT2D eigenvalue weighted by molar-refractivity contribution is 5.94. The molecular formula is C14H13N2O. The number of carbonyl (C=O) groups is 1. The van der Waals surface area contributed by atoms with Crippen molar-refractivity contribution in [3.8, 4) is 0 Å². The van der Waals surface area contributed by atoms with Crippen LogP contribution in [0.1, 0.15) is 15.9 Å². The van der Waals surface area contributed by atoms with E-state index in [4.69, 9.17) is 0 Å². The van der Waals surface area contributed by atoms with Crippen molar-refractivity contribution < 1.29 is 4.79 Å². The minimum Gasteiger partial charge on any atom is -0.347 e. The van der Waals surface area contributed by atoms with Gasteiger partial charge >= 0.3 is 0 Å². The number of hydrogen-bond donors (Lipinski definition) is 1. The first-order chi connectivity index (χ1) is 8.36. The molecule has 1 radical (unpaired) electrons. The fraction of sp³-hybridized carbons (Fsp3) is 0.0714. The van der Waals surface area contributed by atoms with E-state index in [2.05, 4.69) is 10.3 Å². The Balaban J connectivity index is 1.82. The normalized spacial score (nSPS) is 9.88. The number of carbonyl (C=O) groups excluding carboxylic acids is 1. The number of benzene rings is 1. The van der Waals surface area contributed by atoms with Crippen LogP contribution in [0.15, 0.2) is 54.9 Å². The highest BCUT2D eigenvalue weighted by atomic mass is 16.1. The molecule has 2 rings (SSSR count). The van der Waals surface area contributed by atoms with Crippen LogP contribution in [0.3, 0.4) is 0 Å². The molecule has 0 aliphatic heterocycles. The Morgan fingerprint density at radius 2 is 2.00 bits per heavy atom. The molecule has 0 unspecified atom stereocenters. The maximum Gasteiger partial charge on any atom is 0.253 e. The predicted molar refractivity (Wildman–Crippen MR) is 66.1 cm³/mol. The maximum atomic E-state index is 11.7. The van der Waals surface area contributed by atoms with Crippen LogP contribution in [0.2, 0.25) is 0 Å². The van der Waals surface area contributed by atoms with Crippen LogP contribution in [0.25, 0.3) is 0 Å². The lowest BCUT2D eigenvalue weighted by molar-refractivity contribution is 0.0963. The minimum atomic E-state index is -0.131. The number of nitrogens with zero attached hydrogens (tertiary/aromatic N) is 1. The number of nitrogens with one attached hydrogen (secondary N) is 1. The van der Waals surface area contributed by atoms with Gasteiger partial charge in [-0.3, -0.25) is 9.78 Å². The average Bonchev–Trinajstić information content (AvgIpc) is 2.41. The fourth-order valence-electron chi connectivity index (χ4n) is 1.46. The van der Waals surface area contributed by atoms with Gasteiger partial charge in [-0.05, 0) is 24.1 Å². The molecule has 3 nitrogen and oxygen atoms in total. The number of aromatic nitrogens is 1. The first-order valence-corrected chi connectivity index (χ1v) is 5.43. The summed E-state index contributed by atoms with van der Waals surface area (Å²) in [5, 5.41) is 2.74. The summed E-state index contributed by atoms with van der Waals surface area (Å²) in [4.78, 5) is 15.5. The Kier molecular flexibility index (Phi) is 3.86. The van der Waals surface area contributed by atoms with Gasteiger partial charge in [0.15, 0.2) is 0 Å². The van der Waals surface area contributed by atoms with Crippen molar-refractivity contribution >= 4 is 5.91 Å². The molecule has 1 aromatic heterocycles. The zero-order valence-electron chi connectivity index (χ0n) is 9.34. The molecule has 0 atom stereocenters. The third-order valence-electron chi connectivity index (χ3n) is 2.34. The van der Waals surface area contributed by atoms with Crippen LogP contribution in [-0.2, 0) is 6.42 Å². The lowest BCUT2D eigenvalue weighted by atomic mass is 10.1. The molecule has 2 aromatic rings. The molecule has 1 amide bonds. The Bertz CT molecular complexity index is 468. The molecule has 0 bridgehead atoms. The fourth-order valence-corrected chi connectivity index (χ4v) is 1.46. The summed E-state index contributed by atoms with van der Waals surface area (Å²) in [6.07, 6.45) is 3.91. The molecule has 85 valence electrons. The lowest BCUT2D eigenvalue weighted by Gasteiger charge is -2.04. The molecule has 1 aromatic carbocycles. The van der Waals surface area contributed by atoms with Crippen molar-refractivity contribution in [2.24, 2.45) is 0 Å². The number of rotatable bonds is 4. The summed E-state index contributed by atoms with van der Waals surface area (Å²) in [7, 11) is 0. The Morgan fingerprint density at radius 3 is 2.71 bits per heavy atom. The van der Waals surface area contributed by atoms with Crippen molar-refractivity contribution in [1.29, 1.82) is 0 Å². The molecule has 0 fully saturated rings. The van der Waals surface area contributed by atoms with E-state index < -0.39 is 0 Å². The number of hydrogen-bond acceptors (Lipinski definition) is 2.